The number of rotatable bonds is 3. The molecule has 1 N–H and O–H groups in total. The van der Waals surface area contributed by atoms with Crippen LogP contribution >= 0.6 is 0 Å². The van der Waals surface area contributed by atoms with Gasteiger partial charge in [-0.2, -0.15) is 4.36 Å². The Kier molecular flexibility index (Phi) is 5.29. The molecule has 0 aromatic heterocycles. The molecule has 0 spiro atoms. The fourth-order valence-corrected chi connectivity index (χ4v) is 6.78. The van der Waals surface area contributed by atoms with Gasteiger partial charge in [-0.15, -0.1) is 0 Å². The van der Waals surface area contributed by atoms with Crippen LogP contribution in [0.15, 0.2) is 46.8 Å². The van der Waals surface area contributed by atoms with Crippen molar-refractivity contribution in [1.29, 1.82) is 0 Å². The third kappa shape index (κ3) is 4.18. The van der Waals surface area contributed by atoms with Crippen LogP contribution in [0.1, 0.15) is 74.9 Å². The van der Waals surface area contributed by atoms with Crippen LogP contribution in [0.2, 0.25) is 0 Å². The van der Waals surface area contributed by atoms with Crippen molar-refractivity contribution in [3.05, 3.63) is 59.2 Å². The fraction of sp³-hybridized carbons (Fsp3) is 0.480. The lowest BCUT2D eigenvalue weighted by Crippen LogP contribution is -2.34. The lowest BCUT2D eigenvalue weighted by Gasteiger charge is -2.42. The van der Waals surface area contributed by atoms with Crippen LogP contribution in [0.3, 0.4) is 0 Å². The number of carbonyl (C=O) groups excluding carboxylic acids is 1. The van der Waals surface area contributed by atoms with Gasteiger partial charge in [-0.3, -0.25) is 4.79 Å². The van der Waals surface area contributed by atoms with Crippen LogP contribution in [-0.4, -0.2) is 21.6 Å². The molecule has 0 bridgehead atoms. The number of anilines is 1. The summed E-state index contributed by atoms with van der Waals surface area (Å²) < 4.78 is 17.0. The van der Waals surface area contributed by atoms with Gasteiger partial charge in [0.15, 0.2) is 0 Å². The first kappa shape index (κ1) is 21.1. The van der Waals surface area contributed by atoms with Crippen LogP contribution in [0.5, 0.6) is 0 Å². The number of hydrogen-bond acceptors (Lipinski definition) is 3. The molecule has 0 radical (unpaired) electrons. The van der Waals surface area contributed by atoms with Gasteiger partial charge in [-0.1, -0.05) is 33.8 Å². The molecular weight excluding hydrogens is 392 g/mol. The van der Waals surface area contributed by atoms with Gasteiger partial charge in [0.05, 0.1) is 15.4 Å². The number of fused-ring (bicyclic) bond motifs is 1. The van der Waals surface area contributed by atoms with Crippen molar-refractivity contribution in [1.82, 2.24) is 0 Å². The van der Waals surface area contributed by atoms with Gasteiger partial charge in [0.2, 0.25) is 0 Å². The summed E-state index contributed by atoms with van der Waals surface area (Å²) in [4.78, 5) is 12.9. The average molecular weight is 425 g/mol. The summed E-state index contributed by atoms with van der Waals surface area (Å²) in [6, 6.07) is 13.5. The highest BCUT2D eigenvalue weighted by Crippen LogP contribution is 2.45. The Hall–Kier alpha value is -2.14. The van der Waals surface area contributed by atoms with Gasteiger partial charge < -0.3 is 5.32 Å². The topological polar surface area (TPSA) is 58.5 Å². The van der Waals surface area contributed by atoms with Gasteiger partial charge in [0.1, 0.15) is 0 Å². The molecule has 1 fully saturated rings. The predicted octanol–water partition coefficient (Wildman–Crippen LogP) is 6.18. The van der Waals surface area contributed by atoms with E-state index in [1.807, 2.05) is 30.3 Å². The zero-order valence-electron chi connectivity index (χ0n) is 18.5. The van der Waals surface area contributed by atoms with E-state index in [2.05, 4.69) is 49.5 Å². The first-order valence-electron chi connectivity index (χ1n) is 10.9. The van der Waals surface area contributed by atoms with Crippen molar-refractivity contribution >= 4 is 27.0 Å². The van der Waals surface area contributed by atoms with Crippen molar-refractivity contribution < 1.29 is 9.00 Å². The van der Waals surface area contributed by atoms with Gasteiger partial charge >= 0.3 is 0 Å². The summed E-state index contributed by atoms with van der Waals surface area (Å²) in [7, 11) is -2.08. The van der Waals surface area contributed by atoms with Crippen LogP contribution < -0.4 is 5.32 Å². The summed E-state index contributed by atoms with van der Waals surface area (Å²) in [5.41, 5.74) is 4.96. The minimum atomic E-state index is -2.08. The van der Waals surface area contributed by atoms with E-state index in [1.165, 1.54) is 11.1 Å². The molecule has 1 amide bonds. The van der Waals surface area contributed by atoms with Gasteiger partial charge in [0.25, 0.3) is 5.91 Å². The van der Waals surface area contributed by atoms with Crippen LogP contribution in [-0.2, 0) is 20.6 Å². The average Bonchev–Trinajstić information content (AvgIpc) is 3.13. The Morgan fingerprint density at radius 3 is 2.13 bits per heavy atom. The molecule has 1 aliphatic heterocycles. The number of nitrogens with one attached hydrogen (secondary N) is 1. The highest BCUT2D eigenvalue weighted by atomic mass is 32.2. The second-order valence-electron chi connectivity index (χ2n) is 10.0. The molecule has 4 nitrogen and oxygen atoms in total. The SMILES string of the molecule is CC1(C)CCC(C)(C)c2cc(C(=O)Nc3ccc(N=S4(=O)CCCC4)cc3)ccc21. The third-order valence-corrected chi connectivity index (χ3v) is 9.09. The number of carbonyl (C=O) groups is 1. The van der Waals surface area contributed by atoms with E-state index in [4.69, 9.17) is 0 Å². The summed E-state index contributed by atoms with van der Waals surface area (Å²) in [5.74, 6) is 1.27. The van der Waals surface area contributed by atoms with E-state index in [9.17, 15) is 9.00 Å². The fourth-order valence-electron chi connectivity index (χ4n) is 4.58. The highest BCUT2D eigenvalue weighted by Gasteiger charge is 2.37. The molecule has 5 heteroatoms. The lowest BCUT2D eigenvalue weighted by atomic mass is 9.63. The summed E-state index contributed by atoms with van der Waals surface area (Å²) in [6.07, 6.45) is 4.25. The maximum atomic E-state index is 12.9. The highest BCUT2D eigenvalue weighted by molar-refractivity contribution is 7.93. The molecule has 1 aliphatic carbocycles. The van der Waals surface area contributed by atoms with Gasteiger partial charge in [-0.05, 0) is 84.0 Å². The van der Waals surface area contributed by atoms with Gasteiger partial charge in [0, 0.05) is 22.8 Å². The first-order chi connectivity index (χ1) is 14.1. The minimum absolute atomic E-state index is 0.0706. The van der Waals surface area contributed by atoms with E-state index in [0.29, 0.717) is 17.1 Å². The standard InChI is InChI=1S/C25H32N2O2S/c1-24(2)13-14-25(3,4)22-17-18(7-12-21(22)24)23(28)26-19-8-10-20(11-9-19)27-30(29)15-5-6-16-30/h7-12,17H,5-6,13-16H2,1-4H3,(H,26,28). The zero-order chi connectivity index (χ0) is 21.6. The summed E-state index contributed by atoms with van der Waals surface area (Å²) in [5, 5.41) is 2.99. The van der Waals surface area contributed by atoms with Crippen molar-refractivity contribution in [2.45, 2.75) is 64.2 Å². The molecule has 2 aliphatic rings. The molecule has 2 aromatic rings. The van der Waals surface area contributed by atoms with E-state index in [0.717, 1.165) is 37.1 Å². The predicted molar refractivity (Wildman–Crippen MR) is 125 cm³/mol. The monoisotopic (exact) mass is 424 g/mol. The first-order valence-corrected chi connectivity index (χ1v) is 12.7. The van der Waals surface area contributed by atoms with Gasteiger partial charge in [-0.25, -0.2) is 4.21 Å². The normalized spacial score (nSPS) is 20.9. The number of amides is 1. The van der Waals surface area contributed by atoms with Crippen molar-refractivity contribution in [3.63, 3.8) is 0 Å². The molecule has 0 atom stereocenters. The largest absolute Gasteiger partial charge is 0.322 e. The number of nitrogens with zero attached hydrogens (tertiary/aromatic N) is 1. The number of benzene rings is 2. The lowest BCUT2D eigenvalue weighted by molar-refractivity contribution is 0.102. The van der Waals surface area contributed by atoms with Crippen molar-refractivity contribution in [3.8, 4) is 0 Å². The van der Waals surface area contributed by atoms with Crippen LogP contribution in [0, 0.1) is 0 Å². The Labute approximate surface area is 180 Å². The van der Waals surface area contributed by atoms with E-state index in [1.54, 1.807) is 0 Å². The Balaban J connectivity index is 1.54. The Morgan fingerprint density at radius 2 is 1.50 bits per heavy atom. The Morgan fingerprint density at radius 1 is 0.900 bits per heavy atom. The van der Waals surface area contributed by atoms with Crippen LogP contribution in [0.25, 0.3) is 0 Å². The van der Waals surface area contributed by atoms with E-state index in [-0.39, 0.29) is 16.7 Å². The van der Waals surface area contributed by atoms with E-state index < -0.39 is 9.73 Å². The molecule has 30 heavy (non-hydrogen) atoms. The molecular formula is C25H32N2O2S. The second-order valence-corrected chi connectivity index (χ2v) is 12.6. The summed E-state index contributed by atoms with van der Waals surface area (Å²) in [6.45, 7) is 9.10. The molecule has 4 rings (SSSR count). The second kappa shape index (κ2) is 7.52. The molecule has 1 heterocycles. The summed E-state index contributed by atoms with van der Waals surface area (Å²) >= 11 is 0. The maximum Gasteiger partial charge on any atom is 0.255 e. The molecule has 0 unspecified atom stereocenters. The number of hydrogen-bond donors (Lipinski definition) is 1. The smallest absolute Gasteiger partial charge is 0.255 e. The van der Waals surface area contributed by atoms with Crippen molar-refractivity contribution in [2.75, 3.05) is 16.8 Å². The Bertz CT molecular complexity index is 1080. The van der Waals surface area contributed by atoms with E-state index >= 15 is 0 Å². The zero-order valence-corrected chi connectivity index (χ0v) is 19.3. The molecule has 160 valence electrons. The quantitative estimate of drug-likeness (QED) is 0.639. The molecule has 0 saturated carbocycles. The molecule has 1 saturated heterocycles. The third-order valence-electron chi connectivity index (χ3n) is 6.69. The van der Waals surface area contributed by atoms with Crippen molar-refractivity contribution in [2.24, 2.45) is 4.36 Å². The minimum Gasteiger partial charge on any atom is -0.322 e. The molecule has 2 aromatic carbocycles. The maximum absolute atomic E-state index is 12.9. The van der Waals surface area contributed by atoms with Crippen LogP contribution in [0.4, 0.5) is 11.4 Å².